The van der Waals surface area contributed by atoms with Crippen LogP contribution in [-0.2, 0) is 17.8 Å². The molecule has 0 saturated heterocycles. The van der Waals surface area contributed by atoms with Crippen LogP contribution in [0.3, 0.4) is 0 Å². The van der Waals surface area contributed by atoms with Gasteiger partial charge in [-0.25, -0.2) is 9.37 Å². The highest BCUT2D eigenvalue weighted by Gasteiger charge is 2.20. The first-order chi connectivity index (χ1) is 17.5. The first-order valence-electron chi connectivity index (χ1n) is 11.7. The third-order valence-corrected chi connectivity index (χ3v) is 6.90. The maximum Gasteiger partial charge on any atom is 0.233 e. The third-order valence-electron chi connectivity index (χ3n) is 5.95. The molecule has 2 aromatic carbocycles. The largest absolute Gasteiger partial charge is 0.355 e. The Balaban J connectivity index is 1.39. The minimum Gasteiger partial charge on any atom is -0.355 e. The quantitative estimate of drug-likeness (QED) is 0.311. The fourth-order valence-corrected chi connectivity index (χ4v) is 4.81. The maximum absolute atomic E-state index is 14.5. The zero-order chi connectivity index (χ0) is 25.1. The van der Waals surface area contributed by atoms with Gasteiger partial charge in [-0.15, -0.1) is 10.2 Å². The highest BCUT2D eigenvalue weighted by atomic mass is 32.2. The molecule has 3 aromatic heterocycles. The van der Waals surface area contributed by atoms with Crippen LogP contribution in [0.25, 0.3) is 22.1 Å². The average molecular weight is 501 g/mol. The lowest BCUT2D eigenvalue weighted by Crippen LogP contribution is -2.32. The van der Waals surface area contributed by atoms with Crippen molar-refractivity contribution in [2.45, 2.75) is 37.2 Å². The van der Waals surface area contributed by atoms with Gasteiger partial charge >= 0.3 is 0 Å². The molecule has 5 rings (SSSR count). The second-order valence-electron chi connectivity index (χ2n) is 8.59. The molecule has 0 aliphatic carbocycles. The van der Waals surface area contributed by atoms with Crippen molar-refractivity contribution in [1.82, 2.24) is 30.0 Å². The second kappa shape index (κ2) is 10.4. The molecule has 0 spiro atoms. The molecular weight excluding hydrogens is 475 g/mol. The average Bonchev–Trinajstić information content (AvgIpc) is 3.17. The number of hydrogen-bond donors (Lipinski definition) is 1. The van der Waals surface area contributed by atoms with Crippen molar-refractivity contribution in [1.29, 1.82) is 0 Å². The van der Waals surface area contributed by atoms with Crippen LogP contribution in [0.4, 0.5) is 4.39 Å². The summed E-state index contributed by atoms with van der Waals surface area (Å²) >= 11 is 1.24. The molecule has 0 radical (unpaired) electrons. The highest BCUT2D eigenvalue weighted by Crippen LogP contribution is 2.30. The molecule has 5 aromatic rings. The van der Waals surface area contributed by atoms with Crippen molar-refractivity contribution >= 4 is 39.7 Å². The number of aryl methyl sites for hydroxylation is 1. The molecule has 3 heterocycles. The predicted octanol–water partition coefficient (Wildman–Crippen LogP) is 4.71. The third kappa shape index (κ3) is 5.06. The van der Waals surface area contributed by atoms with E-state index in [4.69, 9.17) is 4.98 Å². The van der Waals surface area contributed by atoms with Crippen LogP contribution in [-0.4, -0.2) is 42.4 Å². The van der Waals surface area contributed by atoms with Crippen LogP contribution in [0, 0.1) is 12.7 Å². The van der Waals surface area contributed by atoms with Crippen molar-refractivity contribution in [2.24, 2.45) is 0 Å². The van der Waals surface area contributed by atoms with E-state index in [2.05, 4.69) is 20.5 Å². The zero-order valence-electron chi connectivity index (χ0n) is 20.0. The Morgan fingerprint density at radius 3 is 2.75 bits per heavy atom. The van der Waals surface area contributed by atoms with E-state index in [1.165, 1.54) is 17.8 Å². The normalized spacial score (nSPS) is 12.2. The van der Waals surface area contributed by atoms with Gasteiger partial charge in [-0.2, -0.15) is 0 Å². The number of carbonyl (C=O) groups is 1. The van der Waals surface area contributed by atoms with E-state index in [0.29, 0.717) is 41.4 Å². The van der Waals surface area contributed by atoms with Gasteiger partial charge in [0.2, 0.25) is 11.1 Å². The van der Waals surface area contributed by atoms with E-state index in [9.17, 15) is 9.18 Å². The van der Waals surface area contributed by atoms with Gasteiger partial charge in [0.25, 0.3) is 0 Å². The predicted molar refractivity (Wildman–Crippen MR) is 139 cm³/mol. The number of hydrogen-bond acceptors (Lipinski definition) is 6. The number of halogens is 1. The molecule has 36 heavy (non-hydrogen) atoms. The summed E-state index contributed by atoms with van der Waals surface area (Å²) in [6.07, 6.45) is 2.40. The molecular formula is C27H25FN6OS. The Morgan fingerprint density at radius 1 is 1.11 bits per heavy atom. The number of benzene rings is 2. The molecule has 0 aliphatic rings. The fraction of sp³-hybridized carbons (Fsp3) is 0.222. The summed E-state index contributed by atoms with van der Waals surface area (Å²) in [6, 6.07) is 18.5. The molecule has 182 valence electrons. The van der Waals surface area contributed by atoms with Crippen molar-refractivity contribution in [3.63, 3.8) is 0 Å². The van der Waals surface area contributed by atoms with Crippen molar-refractivity contribution in [3.8, 4) is 0 Å². The molecule has 9 heteroatoms. The van der Waals surface area contributed by atoms with E-state index < -0.39 is 5.25 Å². The standard InChI is InChI=1S/C27H25FN6OS/c1-17-10-11-23-21(15-17)24-25(34(23)16-19-7-3-4-9-22(19)28)31-27(33-32-24)36-18(2)26(35)30-14-12-20-8-5-6-13-29-20/h3-11,13,15,18H,12,14,16H2,1-2H3,(H,30,35). The molecule has 1 amide bonds. The van der Waals surface area contributed by atoms with Gasteiger partial charge in [0.15, 0.2) is 5.65 Å². The van der Waals surface area contributed by atoms with Crippen LogP contribution < -0.4 is 5.32 Å². The summed E-state index contributed by atoms with van der Waals surface area (Å²) in [7, 11) is 0. The lowest BCUT2D eigenvalue weighted by atomic mass is 10.1. The molecule has 0 bridgehead atoms. The number of carbonyl (C=O) groups excluding carboxylic acids is 1. The summed E-state index contributed by atoms with van der Waals surface area (Å²) in [5.41, 5.74) is 4.74. The first kappa shape index (κ1) is 23.9. The van der Waals surface area contributed by atoms with E-state index in [0.717, 1.165) is 22.2 Å². The van der Waals surface area contributed by atoms with E-state index in [1.54, 1.807) is 18.3 Å². The fourth-order valence-electron chi connectivity index (χ4n) is 4.08. The SMILES string of the molecule is Cc1ccc2c(c1)c1nnc(SC(C)C(=O)NCCc3ccccn3)nc1n2Cc1ccccc1F. The van der Waals surface area contributed by atoms with Gasteiger partial charge in [-0.3, -0.25) is 9.78 Å². The molecule has 0 aliphatic heterocycles. The maximum atomic E-state index is 14.5. The van der Waals surface area contributed by atoms with Gasteiger partial charge in [0, 0.05) is 35.8 Å². The molecule has 1 atom stereocenters. The minimum absolute atomic E-state index is 0.109. The second-order valence-corrected chi connectivity index (χ2v) is 9.89. The van der Waals surface area contributed by atoms with E-state index >= 15 is 0 Å². The highest BCUT2D eigenvalue weighted by molar-refractivity contribution is 8.00. The molecule has 7 nitrogen and oxygen atoms in total. The number of rotatable bonds is 8. The summed E-state index contributed by atoms with van der Waals surface area (Å²) in [5, 5.41) is 12.6. The van der Waals surface area contributed by atoms with Gasteiger partial charge in [0.1, 0.15) is 11.3 Å². The zero-order valence-corrected chi connectivity index (χ0v) is 20.8. The number of fused-ring (bicyclic) bond motifs is 3. The Kier molecular flexibility index (Phi) is 6.90. The summed E-state index contributed by atoms with van der Waals surface area (Å²) in [6.45, 7) is 4.63. The lowest BCUT2D eigenvalue weighted by Gasteiger charge is -2.11. The van der Waals surface area contributed by atoms with Crippen molar-refractivity contribution in [3.05, 3.63) is 89.5 Å². The lowest BCUT2D eigenvalue weighted by molar-refractivity contribution is -0.120. The molecule has 1 N–H and O–H groups in total. The summed E-state index contributed by atoms with van der Waals surface area (Å²) in [4.78, 5) is 21.7. The van der Waals surface area contributed by atoms with Gasteiger partial charge < -0.3 is 9.88 Å². The molecule has 1 unspecified atom stereocenters. The van der Waals surface area contributed by atoms with Crippen LogP contribution in [0.1, 0.15) is 23.7 Å². The van der Waals surface area contributed by atoms with Crippen LogP contribution in [0.5, 0.6) is 0 Å². The van der Waals surface area contributed by atoms with E-state index in [1.807, 2.05) is 60.9 Å². The Morgan fingerprint density at radius 2 is 1.94 bits per heavy atom. The summed E-state index contributed by atoms with van der Waals surface area (Å²) in [5.74, 6) is -0.380. The smallest absolute Gasteiger partial charge is 0.233 e. The van der Waals surface area contributed by atoms with E-state index in [-0.39, 0.29) is 11.7 Å². The topological polar surface area (TPSA) is 85.6 Å². The Bertz CT molecular complexity index is 1540. The monoisotopic (exact) mass is 500 g/mol. The van der Waals surface area contributed by atoms with Crippen LogP contribution >= 0.6 is 11.8 Å². The van der Waals surface area contributed by atoms with Crippen LogP contribution in [0.15, 0.2) is 72.0 Å². The summed E-state index contributed by atoms with van der Waals surface area (Å²) < 4.78 is 16.4. The molecule has 0 saturated carbocycles. The Labute approximate surface area is 212 Å². The number of thioether (sulfide) groups is 1. The van der Waals surface area contributed by atoms with Gasteiger partial charge in [0.05, 0.1) is 17.3 Å². The number of nitrogens with zero attached hydrogens (tertiary/aromatic N) is 5. The minimum atomic E-state index is -0.417. The number of aromatic nitrogens is 5. The van der Waals surface area contributed by atoms with Gasteiger partial charge in [-0.05, 0) is 44.2 Å². The first-order valence-corrected chi connectivity index (χ1v) is 12.6. The molecule has 0 fully saturated rings. The van der Waals surface area contributed by atoms with Crippen LogP contribution in [0.2, 0.25) is 0 Å². The van der Waals surface area contributed by atoms with Crippen molar-refractivity contribution < 1.29 is 9.18 Å². The number of pyridine rings is 1. The number of amides is 1. The number of nitrogens with one attached hydrogen (secondary N) is 1. The van der Waals surface area contributed by atoms with Gasteiger partial charge in [-0.1, -0.05) is 47.7 Å². The van der Waals surface area contributed by atoms with Crippen molar-refractivity contribution in [2.75, 3.05) is 6.54 Å². The Hall–Kier alpha value is -3.85.